The molecule has 0 amide bonds. The van der Waals surface area contributed by atoms with E-state index in [0.717, 1.165) is 28.2 Å². The van der Waals surface area contributed by atoms with Crippen molar-refractivity contribution in [3.8, 4) is 0 Å². The van der Waals surface area contributed by atoms with E-state index in [4.69, 9.17) is 14.0 Å². The Morgan fingerprint density at radius 1 is 1.48 bits per heavy atom. The van der Waals surface area contributed by atoms with Crippen LogP contribution in [-0.4, -0.2) is 68.6 Å². The zero-order chi connectivity index (χ0) is 23.4. The second-order valence-corrected chi connectivity index (χ2v) is 11.6. The molecule has 176 valence electrons. The summed E-state index contributed by atoms with van der Waals surface area (Å²) in [6.07, 6.45) is -2.84. The lowest BCUT2D eigenvalue weighted by Gasteiger charge is -2.27. The highest BCUT2D eigenvalue weighted by Crippen LogP contribution is 2.56. The van der Waals surface area contributed by atoms with Gasteiger partial charge in [-0.05, 0) is 20.8 Å². The summed E-state index contributed by atoms with van der Waals surface area (Å²) < 4.78 is 30.1. The monoisotopic (exact) mass is 481 g/mol. The molecule has 0 radical (unpaired) electrons. The van der Waals surface area contributed by atoms with Gasteiger partial charge in [0.05, 0.1) is 13.2 Å². The number of aromatic nitrogens is 2. The maximum atomic E-state index is 13.1. The van der Waals surface area contributed by atoms with E-state index in [-0.39, 0.29) is 6.61 Å². The smallest absolute Gasteiger partial charge is 0.330 e. The number of carbonyl (C=O) groups is 1. The van der Waals surface area contributed by atoms with Gasteiger partial charge in [-0.15, -0.1) is 0 Å². The lowest BCUT2D eigenvalue weighted by Crippen LogP contribution is -2.46. The van der Waals surface area contributed by atoms with Crippen molar-refractivity contribution in [2.75, 3.05) is 19.0 Å². The van der Waals surface area contributed by atoms with E-state index in [1.807, 2.05) is 4.98 Å². The van der Waals surface area contributed by atoms with E-state index in [9.17, 15) is 29.2 Å². The van der Waals surface area contributed by atoms with Crippen LogP contribution in [0.2, 0.25) is 0 Å². The molecule has 2 heterocycles. The number of rotatable bonds is 10. The number of hydrogen-bond acceptors (Lipinski definition) is 10. The van der Waals surface area contributed by atoms with E-state index in [2.05, 4.69) is 5.09 Å². The third kappa shape index (κ3) is 6.07. The third-order valence-electron chi connectivity index (χ3n) is 4.56. The van der Waals surface area contributed by atoms with Crippen LogP contribution in [0.5, 0.6) is 0 Å². The summed E-state index contributed by atoms with van der Waals surface area (Å²) in [6.45, 7) is 2.30. The molecule has 2 rings (SSSR count). The molecular weight excluding hydrogens is 453 g/mol. The number of carbonyl (C=O) groups excluding carboxylic acids is 1. The minimum absolute atomic E-state index is 0.166. The number of aromatic amines is 1. The van der Waals surface area contributed by atoms with E-state index in [1.165, 1.54) is 13.8 Å². The largest absolute Gasteiger partial charge is 0.465 e. The molecule has 1 aromatic heterocycles. The fraction of sp³-hybridized carbons (Fsp3) is 0.706. The normalized spacial score (nSPS) is 28.8. The lowest BCUT2D eigenvalue weighted by atomic mass is 9.96. The van der Waals surface area contributed by atoms with Gasteiger partial charge in [-0.1, -0.05) is 18.3 Å². The fourth-order valence-electron chi connectivity index (χ4n) is 3.00. The first-order chi connectivity index (χ1) is 14.4. The Morgan fingerprint density at radius 2 is 2.16 bits per heavy atom. The molecule has 0 aromatic carbocycles. The van der Waals surface area contributed by atoms with Crippen LogP contribution < -0.4 is 16.3 Å². The van der Waals surface area contributed by atoms with Crippen molar-refractivity contribution >= 4 is 24.1 Å². The fourth-order valence-corrected chi connectivity index (χ4v) is 6.61. The Balaban J connectivity index is 2.15. The van der Waals surface area contributed by atoms with Crippen LogP contribution in [0.4, 0.5) is 0 Å². The standard InChI is InChI=1S/C17H28N3O9PS/c1-5-27-14(23)10(3)19-30(26,31-6-2)28-9-11-13(22)17(4,25)15(29-11)20-8-7-12(21)18-16(20)24/h7-8,10-11,13,15,22,25H,5-6,9H2,1-4H3,(H,19,26)(H,18,21,24)/t10-,11-,13-,15-,17-,30+/m1/s1. The van der Waals surface area contributed by atoms with Gasteiger partial charge in [0.2, 0.25) is 0 Å². The summed E-state index contributed by atoms with van der Waals surface area (Å²) in [5.41, 5.74) is -3.37. The van der Waals surface area contributed by atoms with E-state index in [1.54, 1.807) is 13.8 Å². The van der Waals surface area contributed by atoms with Crippen molar-refractivity contribution in [1.82, 2.24) is 14.6 Å². The van der Waals surface area contributed by atoms with Crippen LogP contribution >= 0.6 is 18.1 Å². The van der Waals surface area contributed by atoms with Gasteiger partial charge < -0.3 is 24.2 Å². The molecule has 12 nitrogen and oxygen atoms in total. The summed E-state index contributed by atoms with van der Waals surface area (Å²) in [5, 5.41) is 23.9. The van der Waals surface area contributed by atoms with Gasteiger partial charge in [-0.25, -0.2) is 9.88 Å². The molecule has 1 aliphatic heterocycles. The Hall–Kier alpha value is -1.47. The molecule has 6 atom stereocenters. The Bertz CT molecular complexity index is 934. The summed E-state index contributed by atoms with van der Waals surface area (Å²) >= 11 is 0.948. The number of hydrogen-bond donors (Lipinski definition) is 4. The predicted molar refractivity (Wildman–Crippen MR) is 113 cm³/mol. The SMILES string of the molecule is CCOC(=O)[C@@H](C)N[P@](=O)(OC[C@H]1O[C@@H](n2ccc(=O)[nH]c2=O)[C@](C)(O)[C@@H]1O)SCC. The van der Waals surface area contributed by atoms with Crippen LogP contribution in [0, 0.1) is 0 Å². The van der Waals surface area contributed by atoms with Crippen LogP contribution in [0.25, 0.3) is 0 Å². The second-order valence-electron chi connectivity index (χ2n) is 7.03. The lowest BCUT2D eigenvalue weighted by molar-refractivity contribution is -0.144. The van der Waals surface area contributed by atoms with Gasteiger partial charge in [-0.3, -0.25) is 23.7 Å². The molecule has 0 unspecified atom stereocenters. The van der Waals surface area contributed by atoms with Crippen molar-refractivity contribution in [3.05, 3.63) is 33.1 Å². The van der Waals surface area contributed by atoms with Crippen molar-refractivity contribution in [2.45, 2.75) is 57.8 Å². The van der Waals surface area contributed by atoms with E-state index >= 15 is 0 Å². The van der Waals surface area contributed by atoms with Crippen molar-refractivity contribution in [2.24, 2.45) is 0 Å². The third-order valence-corrected chi connectivity index (χ3v) is 8.78. The number of aliphatic hydroxyl groups excluding tert-OH is 1. The van der Waals surface area contributed by atoms with Crippen LogP contribution in [0.1, 0.15) is 33.9 Å². The van der Waals surface area contributed by atoms with Crippen molar-refractivity contribution in [3.63, 3.8) is 0 Å². The zero-order valence-corrected chi connectivity index (χ0v) is 19.4. The first kappa shape index (κ1) is 25.8. The predicted octanol–water partition coefficient (Wildman–Crippen LogP) is -0.0351. The van der Waals surface area contributed by atoms with Crippen molar-refractivity contribution in [1.29, 1.82) is 0 Å². The summed E-state index contributed by atoms with van der Waals surface area (Å²) in [5.74, 6) is -0.193. The Morgan fingerprint density at radius 3 is 2.74 bits per heavy atom. The highest BCUT2D eigenvalue weighted by Gasteiger charge is 2.54. The minimum atomic E-state index is -3.60. The number of aliphatic hydroxyl groups is 2. The average molecular weight is 481 g/mol. The maximum absolute atomic E-state index is 13.1. The Kier molecular flexibility index (Phi) is 8.68. The Labute approximate surface area is 182 Å². The highest BCUT2D eigenvalue weighted by molar-refractivity contribution is 8.56. The van der Waals surface area contributed by atoms with Crippen LogP contribution in [0.3, 0.4) is 0 Å². The molecular formula is C17H28N3O9PS. The molecule has 1 aromatic rings. The molecule has 1 aliphatic rings. The van der Waals surface area contributed by atoms with Gasteiger partial charge in [0.1, 0.15) is 23.9 Å². The van der Waals surface area contributed by atoms with Gasteiger partial charge in [0.15, 0.2) is 6.23 Å². The maximum Gasteiger partial charge on any atom is 0.330 e. The van der Waals surface area contributed by atoms with Gasteiger partial charge in [-0.2, -0.15) is 0 Å². The topological polar surface area (TPSA) is 169 Å². The van der Waals surface area contributed by atoms with E-state index in [0.29, 0.717) is 5.75 Å². The first-order valence-corrected chi connectivity index (χ1v) is 12.9. The van der Waals surface area contributed by atoms with Gasteiger partial charge in [0, 0.05) is 18.0 Å². The van der Waals surface area contributed by atoms with E-state index < -0.39 is 60.6 Å². The number of nitrogens with one attached hydrogen (secondary N) is 2. The molecule has 14 heteroatoms. The summed E-state index contributed by atoms with van der Waals surface area (Å²) in [7, 11) is 0. The molecule has 0 spiro atoms. The summed E-state index contributed by atoms with van der Waals surface area (Å²) in [6, 6.07) is 0.166. The van der Waals surface area contributed by atoms with Gasteiger partial charge >= 0.3 is 18.4 Å². The highest BCUT2D eigenvalue weighted by atomic mass is 32.7. The quantitative estimate of drug-likeness (QED) is 0.261. The molecule has 4 N–H and O–H groups in total. The molecule has 0 saturated carbocycles. The van der Waals surface area contributed by atoms with Crippen LogP contribution in [-0.2, 0) is 23.4 Å². The first-order valence-electron chi connectivity index (χ1n) is 9.66. The number of ether oxygens (including phenoxy) is 2. The molecule has 31 heavy (non-hydrogen) atoms. The molecule has 1 fully saturated rings. The zero-order valence-electron chi connectivity index (χ0n) is 17.6. The molecule has 0 bridgehead atoms. The molecule has 1 saturated heterocycles. The second kappa shape index (κ2) is 10.4. The van der Waals surface area contributed by atoms with Gasteiger partial charge in [0.25, 0.3) is 5.56 Å². The molecule has 0 aliphatic carbocycles. The van der Waals surface area contributed by atoms with Crippen molar-refractivity contribution < 1.29 is 33.6 Å². The number of nitrogens with zero attached hydrogens (tertiary/aromatic N) is 1. The summed E-state index contributed by atoms with van der Waals surface area (Å²) in [4.78, 5) is 37.3. The number of esters is 1. The van der Waals surface area contributed by atoms with Crippen LogP contribution in [0.15, 0.2) is 21.9 Å². The average Bonchev–Trinajstić information content (AvgIpc) is 2.90. The number of H-pyrrole nitrogens is 1. The minimum Gasteiger partial charge on any atom is -0.465 e.